The van der Waals surface area contributed by atoms with Crippen LogP contribution in [0.3, 0.4) is 0 Å². The number of anilines is 2. The summed E-state index contributed by atoms with van der Waals surface area (Å²) in [4.78, 5) is 2.19. The van der Waals surface area contributed by atoms with Crippen LogP contribution in [0.25, 0.3) is 34.3 Å². The van der Waals surface area contributed by atoms with E-state index in [4.69, 9.17) is 4.74 Å². The zero-order valence-corrected chi connectivity index (χ0v) is 25.9. The molecule has 2 aliphatic carbocycles. The summed E-state index contributed by atoms with van der Waals surface area (Å²) in [6.07, 6.45) is 21.4. The predicted molar refractivity (Wildman–Crippen MR) is 187 cm³/mol. The third-order valence-electron chi connectivity index (χ3n) is 7.70. The van der Waals surface area contributed by atoms with Crippen molar-refractivity contribution in [2.75, 3.05) is 4.90 Å². The molecule has 1 aliphatic heterocycles. The maximum absolute atomic E-state index is 6.33. The van der Waals surface area contributed by atoms with Gasteiger partial charge in [-0.3, -0.25) is 0 Å². The fourth-order valence-electron chi connectivity index (χ4n) is 5.82. The highest BCUT2D eigenvalue weighted by Crippen LogP contribution is 2.35. The van der Waals surface area contributed by atoms with Crippen molar-refractivity contribution in [1.82, 2.24) is 4.57 Å². The Labute approximate surface area is 256 Å². The number of hydrogen-bond acceptors (Lipinski definition) is 2. The molecule has 0 atom stereocenters. The van der Waals surface area contributed by atoms with E-state index in [0.29, 0.717) is 0 Å². The predicted octanol–water partition coefficient (Wildman–Crippen LogP) is 9.88. The van der Waals surface area contributed by atoms with Crippen LogP contribution in [0.5, 0.6) is 5.75 Å². The first-order valence-electron chi connectivity index (χ1n) is 15.7. The van der Waals surface area contributed by atoms with Gasteiger partial charge >= 0.3 is 0 Å². The lowest BCUT2D eigenvalue weighted by molar-refractivity contribution is 0.403. The zero-order chi connectivity index (χ0) is 30.2. The third kappa shape index (κ3) is 6.08. The molecule has 0 N–H and O–H groups in total. The fourth-order valence-corrected chi connectivity index (χ4v) is 5.82. The number of rotatable bonds is 4. The molecule has 218 valence electrons. The van der Waals surface area contributed by atoms with E-state index in [-0.39, 0.29) is 0 Å². The van der Waals surface area contributed by atoms with Crippen molar-refractivity contribution < 1.29 is 4.74 Å². The Balaban J connectivity index is 0.000000885. The van der Waals surface area contributed by atoms with Gasteiger partial charge in [-0.1, -0.05) is 95.0 Å². The van der Waals surface area contributed by atoms with Gasteiger partial charge in [0, 0.05) is 45.5 Å². The van der Waals surface area contributed by atoms with Crippen LogP contribution >= 0.6 is 0 Å². The van der Waals surface area contributed by atoms with Gasteiger partial charge in [0.1, 0.15) is 11.5 Å². The zero-order valence-electron chi connectivity index (χ0n) is 25.9. The van der Waals surface area contributed by atoms with Crippen LogP contribution in [0.15, 0.2) is 122 Å². The monoisotopic (exact) mass is 566 g/mol. The maximum Gasteiger partial charge on any atom is 0.127 e. The number of para-hydroxylation sites is 2. The van der Waals surface area contributed by atoms with Crippen LogP contribution in [0.4, 0.5) is 11.4 Å². The van der Waals surface area contributed by atoms with Crippen molar-refractivity contribution in [3.8, 4) is 5.75 Å². The molecule has 0 saturated carbocycles. The Morgan fingerprint density at radius 1 is 0.744 bits per heavy atom. The van der Waals surface area contributed by atoms with Gasteiger partial charge in [-0.2, -0.15) is 0 Å². The van der Waals surface area contributed by atoms with Crippen LogP contribution in [0.2, 0.25) is 0 Å². The number of nitrogens with zero attached hydrogens (tertiary/aromatic N) is 2. The van der Waals surface area contributed by atoms with Gasteiger partial charge in [-0.05, 0) is 79.5 Å². The average molecular weight is 567 g/mol. The first kappa shape index (κ1) is 29.7. The molecule has 0 bridgehead atoms. The minimum atomic E-state index is 0.849. The van der Waals surface area contributed by atoms with E-state index >= 15 is 0 Å². The summed E-state index contributed by atoms with van der Waals surface area (Å²) in [5.74, 6) is 1.84. The molecule has 3 aromatic carbocycles. The second-order valence-corrected chi connectivity index (χ2v) is 10.1. The minimum absolute atomic E-state index is 0.849. The quantitative estimate of drug-likeness (QED) is 0.245. The number of fused-ring (bicyclic) bond motifs is 4. The summed E-state index contributed by atoms with van der Waals surface area (Å²) in [6.45, 7) is 12.2. The molecule has 0 fully saturated rings. The van der Waals surface area contributed by atoms with E-state index in [1.165, 1.54) is 27.2 Å². The summed E-state index contributed by atoms with van der Waals surface area (Å²) in [5, 5.41) is 4.05. The number of benzene rings is 3. The highest BCUT2D eigenvalue weighted by molar-refractivity contribution is 5.87. The second-order valence-electron chi connectivity index (χ2n) is 10.1. The van der Waals surface area contributed by atoms with Crippen molar-refractivity contribution in [3.63, 3.8) is 0 Å². The topological polar surface area (TPSA) is 17.4 Å². The van der Waals surface area contributed by atoms with Crippen LogP contribution < -0.4 is 20.2 Å². The molecule has 0 unspecified atom stereocenters. The van der Waals surface area contributed by atoms with E-state index in [1.807, 2.05) is 45.9 Å². The van der Waals surface area contributed by atoms with Gasteiger partial charge in [0.2, 0.25) is 0 Å². The van der Waals surface area contributed by atoms with E-state index < -0.39 is 0 Å². The van der Waals surface area contributed by atoms with Crippen molar-refractivity contribution in [2.45, 2.75) is 53.4 Å². The van der Waals surface area contributed by atoms with Gasteiger partial charge in [-0.15, -0.1) is 0 Å². The molecule has 0 spiro atoms. The number of allylic oxidation sites excluding steroid dienone is 8. The van der Waals surface area contributed by atoms with Crippen molar-refractivity contribution in [2.24, 2.45) is 0 Å². The van der Waals surface area contributed by atoms with E-state index in [2.05, 4.69) is 119 Å². The minimum Gasteiger partial charge on any atom is -0.462 e. The molecule has 0 amide bonds. The number of hydrogen-bond donors (Lipinski definition) is 0. The molecule has 0 saturated heterocycles. The highest BCUT2D eigenvalue weighted by Gasteiger charge is 2.17. The molecule has 7 rings (SSSR count). The Morgan fingerprint density at radius 3 is 2.28 bits per heavy atom. The lowest BCUT2D eigenvalue weighted by atomic mass is 10.0. The molecule has 3 nitrogen and oxygen atoms in total. The Morgan fingerprint density at radius 2 is 1.49 bits per heavy atom. The van der Waals surface area contributed by atoms with E-state index in [9.17, 15) is 0 Å². The lowest BCUT2D eigenvalue weighted by Crippen LogP contribution is -2.30. The van der Waals surface area contributed by atoms with Gasteiger partial charge in [0.25, 0.3) is 0 Å². The maximum atomic E-state index is 6.33. The van der Waals surface area contributed by atoms with Gasteiger partial charge in [-0.25, -0.2) is 0 Å². The largest absolute Gasteiger partial charge is 0.462 e. The van der Waals surface area contributed by atoms with Crippen LogP contribution in [-0.2, 0) is 0 Å². The summed E-state index contributed by atoms with van der Waals surface area (Å²) >= 11 is 0. The fraction of sp³-hybridized carbons (Fsp3) is 0.200. The summed E-state index contributed by atoms with van der Waals surface area (Å²) in [5.41, 5.74) is 6.92. The molecule has 2 heterocycles. The Hall–Kier alpha value is -4.76. The molecule has 4 aromatic rings. The van der Waals surface area contributed by atoms with Gasteiger partial charge < -0.3 is 14.2 Å². The standard InChI is InChI=1S/C36H30N2O.2C2H6/c1-26-10-8-9-25-37(34-14-5-2-11-31(26)34)27-17-21-29(22-18-27)39-30-23-19-28(20-24-30)38-35-15-6-3-12-32(35)33-13-4-7-16-36(33)38;2*1-2/h2-3,5-6,8-19,21-23,25H,1,4,7,20,24H2;2*1-2H3/b10-8-,25-9-;;. The normalized spacial score (nSPS) is 16.6. The van der Waals surface area contributed by atoms with Gasteiger partial charge in [0.05, 0.1) is 11.2 Å². The number of ether oxygens (including phenoxy) is 1. The van der Waals surface area contributed by atoms with Crippen molar-refractivity contribution in [3.05, 3.63) is 138 Å². The Kier molecular flexibility index (Phi) is 9.63. The van der Waals surface area contributed by atoms with Gasteiger partial charge in [0.15, 0.2) is 0 Å². The van der Waals surface area contributed by atoms with Crippen molar-refractivity contribution >= 4 is 45.7 Å². The first-order chi connectivity index (χ1) is 21.3. The van der Waals surface area contributed by atoms with E-state index in [1.54, 1.807) is 0 Å². The van der Waals surface area contributed by atoms with Crippen LogP contribution in [0.1, 0.15) is 58.9 Å². The summed E-state index contributed by atoms with van der Waals surface area (Å²) < 4.78 is 8.77. The smallest absolute Gasteiger partial charge is 0.127 e. The molecular formula is C40H42N2O. The number of aromatic nitrogens is 1. The molecule has 1 aromatic heterocycles. The molecule has 0 radical (unpaired) electrons. The lowest BCUT2D eigenvalue weighted by Gasteiger charge is -2.25. The van der Waals surface area contributed by atoms with Crippen molar-refractivity contribution in [1.29, 1.82) is 0 Å². The second kappa shape index (κ2) is 13.9. The first-order valence-corrected chi connectivity index (χ1v) is 15.7. The molecule has 3 heteroatoms. The average Bonchev–Trinajstić information content (AvgIpc) is 3.41. The SMILES string of the molecule is C=C1/C=C\C=C/N(c2ccc(OC3=CC=C(n4c5c(c6ccccc64)=CCCC=5)CC3)cc2)c2ccccc21.CC.CC. The highest BCUT2D eigenvalue weighted by atomic mass is 16.5. The third-order valence-corrected chi connectivity index (χ3v) is 7.70. The van der Waals surface area contributed by atoms with E-state index in [0.717, 1.165) is 59.7 Å². The summed E-state index contributed by atoms with van der Waals surface area (Å²) in [6, 6.07) is 25.4. The molecule has 3 aliphatic rings. The Bertz CT molecular complexity index is 1840. The molecular weight excluding hydrogens is 524 g/mol. The molecule has 43 heavy (non-hydrogen) atoms. The van der Waals surface area contributed by atoms with Crippen LogP contribution in [0, 0.1) is 0 Å². The summed E-state index contributed by atoms with van der Waals surface area (Å²) in [7, 11) is 0. The van der Waals surface area contributed by atoms with Crippen LogP contribution in [-0.4, -0.2) is 4.57 Å².